The second-order valence-corrected chi connectivity index (χ2v) is 7.07. The third-order valence-electron chi connectivity index (χ3n) is 2.85. The van der Waals surface area contributed by atoms with E-state index in [1.807, 2.05) is 58.9 Å². The van der Waals surface area contributed by atoms with Gasteiger partial charge in [-0.05, 0) is 58.9 Å². The number of benzene rings is 1. The number of nitrogens with two attached hydrogens (primary N) is 1. The van der Waals surface area contributed by atoms with Crippen molar-refractivity contribution >= 4 is 41.7 Å². The van der Waals surface area contributed by atoms with Crippen LogP contribution in [0.2, 0.25) is 0 Å². The minimum Gasteiger partial charge on any atom is -0.497 e. The summed E-state index contributed by atoms with van der Waals surface area (Å²) in [7, 11) is 1.61. The molecule has 0 aliphatic rings. The average Bonchev–Trinajstić information content (AvgIpc) is 2.43. The molecule has 0 aliphatic carbocycles. The molecular formula is C17H29IN4O3. The third kappa shape index (κ3) is 10.0. The first-order valence-corrected chi connectivity index (χ1v) is 7.73. The van der Waals surface area contributed by atoms with Gasteiger partial charge in [-0.1, -0.05) is 0 Å². The Morgan fingerprint density at radius 2 is 1.72 bits per heavy atom. The van der Waals surface area contributed by atoms with Crippen LogP contribution in [0.4, 0.5) is 10.5 Å². The molecule has 1 aromatic rings. The Bertz CT molecular complexity index is 581. The quantitative estimate of drug-likeness (QED) is 0.353. The zero-order valence-electron chi connectivity index (χ0n) is 15.7. The van der Waals surface area contributed by atoms with E-state index in [9.17, 15) is 4.79 Å². The molecule has 0 bridgehead atoms. The highest BCUT2D eigenvalue weighted by Crippen LogP contribution is 2.15. The number of carbonyl (C=O) groups is 1. The van der Waals surface area contributed by atoms with Gasteiger partial charge in [-0.3, -0.25) is 4.99 Å². The van der Waals surface area contributed by atoms with E-state index in [0.29, 0.717) is 6.54 Å². The van der Waals surface area contributed by atoms with Crippen LogP contribution < -0.4 is 21.1 Å². The smallest absolute Gasteiger partial charge is 0.408 e. The van der Waals surface area contributed by atoms with E-state index in [1.165, 1.54) is 0 Å². The van der Waals surface area contributed by atoms with Gasteiger partial charge < -0.3 is 25.8 Å². The number of anilines is 1. The van der Waals surface area contributed by atoms with Gasteiger partial charge in [-0.25, -0.2) is 4.79 Å². The van der Waals surface area contributed by atoms with Crippen molar-refractivity contribution in [2.45, 2.75) is 45.8 Å². The molecule has 8 heteroatoms. The molecule has 1 aromatic carbocycles. The predicted molar refractivity (Wildman–Crippen MR) is 112 cm³/mol. The minimum absolute atomic E-state index is 0. The van der Waals surface area contributed by atoms with Crippen molar-refractivity contribution < 1.29 is 14.3 Å². The Balaban J connectivity index is 0.00000576. The molecule has 0 heterocycles. The van der Waals surface area contributed by atoms with Gasteiger partial charge >= 0.3 is 6.09 Å². The zero-order chi connectivity index (χ0) is 18.4. The van der Waals surface area contributed by atoms with Crippen LogP contribution in [-0.4, -0.2) is 36.8 Å². The van der Waals surface area contributed by atoms with Crippen molar-refractivity contribution in [1.29, 1.82) is 0 Å². The standard InChI is InChI=1S/C17H28N4O3.HI/c1-16(2,3)24-15(22)21-17(4,5)11-19-14(18)20-12-7-9-13(23-6)10-8-12;/h7-10H,11H2,1-6H3,(H,21,22)(H3,18,19,20);1H. The molecule has 0 saturated carbocycles. The Hall–Kier alpha value is -1.71. The van der Waals surface area contributed by atoms with E-state index in [4.69, 9.17) is 15.2 Å². The number of nitrogens with one attached hydrogen (secondary N) is 2. The predicted octanol–water partition coefficient (Wildman–Crippen LogP) is 3.34. The second-order valence-electron chi connectivity index (χ2n) is 7.07. The maximum atomic E-state index is 11.8. The molecule has 1 rings (SSSR count). The number of halogens is 1. The summed E-state index contributed by atoms with van der Waals surface area (Å²) in [6, 6.07) is 7.32. The van der Waals surface area contributed by atoms with Gasteiger partial charge in [0.05, 0.1) is 19.2 Å². The molecule has 0 saturated heterocycles. The summed E-state index contributed by atoms with van der Waals surface area (Å²) in [5, 5.41) is 5.76. The lowest BCUT2D eigenvalue weighted by Gasteiger charge is -2.27. The van der Waals surface area contributed by atoms with Crippen LogP contribution in [0, 0.1) is 0 Å². The maximum absolute atomic E-state index is 11.8. The van der Waals surface area contributed by atoms with Crippen LogP contribution in [-0.2, 0) is 4.74 Å². The van der Waals surface area contributed by atoms with Crippen molar-refractivity contribution in [3.8, 4) is 5.75 Å². The van der Waals surface area contributed by atoms with Gasteiger partial charge in [0.25, 0.3) is 0 Å². The SMILES string of the molecule is COc1ccc(NC(N)=NCC(C)(C)NC(=O)OC(C)(C)C)cc1.I. The molecule has 7 nitrogen and oxygen atoms in total. The normalized spacial score (nSPS) is 12.0. The number of nitrogens with zero attached hydrogens (tertiary/aromatic N) is 1. The van der Waals surface area contributed by atoms with Crippen molar-refractivity contribution in [1.82, 2.24) is 5.32 Å². The first kappa shape index (κ1) is 23.3. The van der Waals surface area contributed by atoms with Gasteiger partial charge in [0.15, 0.2) is 5.96 Å². The number of rotatable bonds is 5. The lowest BCUT2D eigenvalue weighted by Crippen LogP contribution is -2.48. The van der Waals surface area contributed by atoms with Crippen molar-refractivity contribution in [3.05, 3.63) is 24.3 Å². The average molecular weight is 464 g/mol. The van der Waals surface area contributed by atoms with Gasteiger partial charge in [0.2, 0.25) is 0 Å². The van der Waals surface area contributed by atoms with Crippen molar-refractivity contribution in [3.63, 3.8) is 0 Å². The van der Waals surface area contributed by atoms with E-state index in [0.717, 1.165) is 11.4 Å². The Kier molecular flexibility index (Phi) is 9.03. The first-order chi connectivity index (χ1) is 11.0. The molecule has 0 atom stereocenters. The molecule has 0 unspecified atom stereocenters. The number of methoxy groups -OCH3 is 1. The number of guanidine groups is 1. The Morgan fingerprint density at radius 3 is 2.20 bits per heavy atom. The molecule has 25 heavy (non-hydrogen) atoms. The molecule has 0 fully saturated rings. The first-order valence-electron chi connectivity index (χ1n) is 7.73. The van der Waals surface area contributed by atoms with E-state index in [-0.39, 0.29) is 29.9 Å². The van der Waals surface area contributed by atoms with Crippen LogP contribution in [0.15, 0.2) is 29.3 Å². The van der Waals surface area contributed by atoms with Crippen LogP contribution in [0.25, 0.3) is 0 Å². The molecule has 0 aromatic heterocycles. The topological polar surface area (TPSA) is 98.0 Å². The summed E-state index contributed by atoms with van der Waals surface area (Å²) in [4.78, 5) is 16.1. The van der Waals surface area contributed by atoms with E-state index < -0.39 is 17.2 Å². The lowest BCUT2D eigenvalue weighted by atomic mass is 10.1. The summed E-state index contributed by atoms with van der Waals surface area (Å²) in [5.74, 6) is 1.03. The molecule has 4 N–H and O–H groups in total. The summed E-state index contributed by atoms with van der Waals surface area (Å²) in [6.45, 7) is 9.45. The molecule has 0 radical (unpaired) electrons. The third-order valence-corrected chi connectivity index (χ3v) is 2.85. The fourth-order valence-corrected chi connectivity index (χ4v) is 1.76. The number of amides is 1. The Labute approximate surface area is 166 Å². The van der Waals surface area contributed by atoms with Crippen molar-refractivity contribution in [2.24, 2.45) is 10.7 Å². The molecular weight excluding hydrogens is 435 g/mol. The Morgan fingerprint density at radius 1 is 1.16 bits per heavy atom. The van der Waals surface area contributed by atoms with E-state index >= 15 is 0 Å². The van der Waals surface area contributed by atoms with Gasteiger partial charge in [0, 0.05) is 5.69 Å². The summed E-state index contributed by atoms with van der Waals surface area (Å²) < 4.78 is 10.3. The highest BCUT2D eigenvalue weighted by atomic mass is 127. The summed E-state index contributed by atoms with van der Waals surface area (Å²) >= 11 is 0. The summed E-state index contributed by atoms with van der Waals surface area (Å²) in [6.07, 6.45) is -0.482. The van der Waals surface area contributed by atoms with Crippen LogP contribution >= 0.6 is 24.0 Å². The van der Waals surface area contributed by atoms with Crippen LogP contribution in [0.3, 0.4) is 0 Å². The fraction of sp³-hybridized carbons (Fsp3) is 0.529. The van der Waals surface area contributed by atoms with Crippen LogP contribution in [0.1, 0.15) is 34.6 Å². The van der Waals surface area contributed by atoms with E-state index in [1.54, 1.807) is 7.11 Å². The van der Waals surface area contributed by atoms with Crippen molar-refractivity contribution in [2.75, 3.05) is 19.0 Å². The van der Waals surface area contributed by atoms with Crippen LogP contribution in [0.5, 0.6) is 5.75 Å². The monoisotopic (exact) mass is 464 g/mol. The number of hydrogen-bond donors (Lipinski definition) is 3. The molecule has 1 amide bonds. The van der Waals surface area contributed by atoms with Gasteiger partial charge in [-0.15, -0.1) is 24.0 Å². The summed E-state index contributed by atoms with van der Waals surface area (Å²) in [5.41, 5.74) is 5.55. The number of ether oxygens (including phenoxy) is 2. The maximum Gasteiger partial charge on any atom is 0.408 e. The lowest BCUT2D eigenvalue weighted by molar-refractivity contribution is 0.0476. The highest BCUT2D eigenvalue weighted by molar-refractivity contribution is 14.0. The number of hydrogen-bond acceptors (Lipinski definition) is 4. The number of aliphatic imine (C=N–C) groups is 1. The minimum atomic E-state index is -0.589. The van der Waals surface area contributed by atoms with Gasteiger partial charge in [0.1, 0.15) is 11.4 Å². The second kappa shape index (κ2) is 9.69. The van der Waals surface area contributed by atoms with E-state index in [2.05, 4.69) is 15.6 Å². The largest absolute Gasteiger partial charge is 0.497 e. The molecule has 0 aliphatic heterocycles. The van der Waals surface area contributed by atoms with Gasteiger partial charge in [-0.2, -0.15) is 0 Å². The number of carbonyl (C=O) groups excluding carboxylic acids is 1. The highest BCUT2D eigenvalue weighted by Gasteiger charge is 2.24. The molecule has 142 valence electrons. The molecule has 0 spiro atoms. The zero-order valence-corrected chi connectivity index (χ0v) is 18.0. The fourth-order valence-electron chi connectivity index (χ4n) is 1.76. The number of alkyl carbamates (subject to hydrolysis) is 1.